The van der Waals surface area contributed by atoms with Crippen molar-refractivity contribution >= 4 is 33.2 Å². The fourth-order valence-electron chi connectivity index (χ4n) is 2.60. The third-order valence-corrected chi connectivity index (χ3v) is 5.86. The highest BCUT2D eigenvalue weighted by molar-refractivity contribution is 9.11. The van der Waals surface area contributed by atoms with Crippen molar-refractivity contribution < 1.29 is 18.7 Å². The van der Waals surface area contributed by atoms with Crippen LogP contribution in [0.5, 0.6) is 11.5 Å². The van der Waals surface area contributed by atoms with Crippen LogP contribution in [-0.4, -0.2) is 25.0 Å². The van der Waals surface area contributed by atoms with Gasteiger partial charge in [-0.3, -0.25) is 4.79 Å². The molecule has 0 saturated carbocycles. The van der Waals surface area contributed by atoms with Crippen molar-refractivity contribution in [2.45, 2.75) is 19.6 Å². The monoisotopic (exact) mass is 449 g/mol. The Hall–Kier alpha value is -2.25. The number of benzene rings is 1. The van der Waals surface area contributed by atoms with E-state index in [0.29, 0.717) is 23.7 Å². The van der Waals surface area contributed by atoms with Gasteiger partial charge in [0, 0.05) is 17.5 Å². The summed E-state index contributed by atoms with van der Waals surface area (Å²) in [6.07, 6.45) is 1.60. The molecule has 0 N–H and O–H groups in total. The van der Waals surface area contributed by atoms with Gasteiger partial charge in [0.25, 0.3) is 5.91 Å². The largest absolute Gasteiger partial charge is 0.493 e. The molecule has 0 spiro atoms. The highest BCUT2D eigenvalue weighted by Crippen LogP contribution is 2.31. The summed E-state index contributed by atoms with van der Waals surface area (Å²) in [7, 11) is 3.31. The summed E-state index contributed by atoms with van der Waals surface area (Å²) in [4.78, 5) is 15.6. The number of carbonyl (C=O) groups is 1. The van der Waals surface area contributed by atoms with E-state index in [1.54, 1.807) is 54.9 Å². The molecular formula is C20H20BrNO4S. The number of methoxy groups -OCH3 is 1. The van der Waals surface area contributed by atoms with Gasteiger partial charge in [-0.1, -0.05) is 0 Å². The molecule has 0 radical (unpaired) electrons. The van der Waals surface area contributed by atoms with Gasteiger partial charge in [-0.05, 0) is 65.3 Å². The van der Waals surface area contributed by atoms with E-state index < -0.39 is 0 Å². The van der Waals surface area contributed by atoms with Crippen molar-refractivity contribution in [1.82, 2.24) is 4.90 Å². The summed E-state index contributed by atoms with van der Waals surface area (Å²) in [6.45, 7) is 2.36. The third kappa shape index (κ3) is 4.54. The molecule has 0 aliphatic carbocycles. The molecule has 7 heteroatoms. The number of carbonyl (C=O) groups excluding carboxylic acids is 1. The zero-order valence-corrected chi connectivity index (χ0v) is 17.7. The third-order valence-electron chi connectivity index (χ3n) is 4.27. The zero-order chi connectivity index (χ0) is 19.4. The maximum atomic E-state index is 12.8. The predicted molar refractivity (Wildman–Crippen MR) is 109 cm³/mol. The molecule has 1 aromatic carbocycles. The number of ether oxygens (including phenoxy) is 2. The van der Waals surface area contributed by atoms with E-state index in [4.69, 9.17) is 13.9 Å². The van der Waals surface area contributed by atoms with Crippen LogP contribution < -0.4 is 9.47 Å². The summed E-state index contributed by atoms with van der Waals surface area (Å²) in [5.74, 6) is 1.74. The Balaban J connectivity index is 1.73. The topological polar surface area (TPSA) is 51.9 Å². The first kappa shape index (κ1) is 19.5. The van der Waals surface area contributed by atoms with Gasteiger partial charge in [0.1, 0.15) is 12.4 Å². The Bertz CT molecular complexity index is 907. The van der Waals surface area contributed by atoms with Crippen molar-refractivity contribution in [1.29, 1.82) is 0 Å². The van der Waals surface area contributed by atoms with Crippen molar-refractivity contribution in [3.8, 4) is 11.5 Å². The number of rotatable bonds is 7. The van der Waals surface area contributed by atoms with Gasteiger partial charge < -0.3 is 18.8 Å². The van der Waals surface area contributed by atoms with Gasteiger partial charge in [0.15, 0.2) is 11.5 Å². The van der Waals surface area contributed by atoms with Crippen LogP contribution in [0.25, 0.3) is 0 Å². The minimum atomic E-state index is -0.174. The van der Waals surface area contributed by atoms with Crippen molar-refractivity contribution in [2.75, 3.05) is 14.2 Å². The molecule has 2 aromatic heterocycles. The summed E-state index contributed by atoms with van der Waals surface area (Å²) < 4.78 is 17.7. The number of hydrogen-bond acceptors (Lipinski definition) is 5. The number of thiophene rings is 1. The molecule has 0 aliphatic heterocycles. The second-order valence-electron chi connectivity index (χ2n) is 5.97. The highest BCUT2D eigenvalue weighted by Gasteiger charge is 2.22. The molecule has 1 amide bonds. The summed E-state index contributed by atoms with van der Waals surface area (Å²) in [5, 5.41) is 0. The average molecular weight is 450 g/mol. The van der Waals surface area contributed by atoms with Crippen LogP contribution in [0.4, 0.5) is 0 Å². The minimum Gasteiger partial charge on any atom is -0.493 e. The van der Waals surface area contributed by atoms with Crippen molar-refractivity contribution in [2.24, 2.45) is 0 Å². The van der Waals surface area contributed by atoms with Gasteiger partial charge in [0.2, 0.25) is 0 Å². The molecule has 0 saturated heterocycles. The lowest BCUT2D eigenvalue weighted by Crippen LogP contribution is -2.29. The quantitative estimate of drug-likeness (QED) is 0.476. The maximum Gasteiger partial charge on any atom is 0.254 e. The van der Waals surface area contributed by atoms with Gasteiger partial charge in [0.05, 0.1) is 23.2 Å². The number of nitrogens with zero attached hydrogens (tertiary/aromatic N) is 1. The highest BCUT2D eigenvalue weighted by atomic mass is 79.9. The van der Waals surface area contributed by atoms with E-state index in [-0.39, 0.29) is 11.9 Å². The number of halogens is 1. The molecule has 5 nitrogen and oxygen atoms in total. The van der Waals surface area contributed by atoms with Crippen molar-refractivity contribution in [3.05, 3.63) is 68.7 Å². The van der Waals surface area contributed by atoms with E-state index in [1.165, 1.54) is 0 Å². The maximum absolute atomic E-state index is 12.8. The van der Waals surface area contributed by atoms with E-state index in [1.807, 2.05) is 31.2 Å². The first-order valence-corrected chi connectivity index (χ1v) is 9.96. The molecule has 0 aliphatic rings. The van der Waals surface area contributed by atoms with E-state index in [0.717, 1.165) is 14.4 Å². The van der Waals surface area contributed by atoms with Crippen LogP contribution in [0.2, 0.25) is 0 Å². The predicted octanol–water partition coefficient (Wildman–Crippen LogP) is 5.52. The van der Waals surface area contributed by atoms with Gasteiger partial charge in [-0.15, -0.1) is 11.3 Å². The molecule has 3 rings (SSSR count). The zero-order valence-electron chi connectivity index (χ0n) is 15.3. The molecule has 3 aromatic rings. The smallest absolute Gasteiger partial charge is 0.254 e. The lowest BCUT2D eigenvalue weighted by atomic mass is 10.1. The van der Waals surface area contributed by atoms with E-state index >= 15 is 0 Å². The second kappa shape index (κ2) is 8.63. The summed E-state index contributed by atoms with van der Waals surface area (Å²) >= 11 is 5.06. The molecule has 0 fully saturated rings. The van der Waals surface area contributed by atoms with Crippen LogP contribution in [0.15, 0.2) is 56.9 Å². The van der Waals surface area contributed by atoms with E-state index in [2.05, 4.69) is 15.9 Å². The fraction of sp³-hybridized carbons (Fsp3) is 0.250. The van der Waals surface area contributed by atoms with Crippen LogP contribution in [0.1, 0.15) is 34.0 Å². The second-order valence-corrected chi connectivity index (χ2v) is 8.52. The SMILES string of the molecule is COc1cc(C(=O)N(C)C(C)c2ccco2)ccc1OCc1ccc(Br)s1. The number of furan rings is 1. The molecule has 2 heterocycles. The lowest BCUT2D eigenvalue weighted by molar-refractivity contribution is 0.0726. The first-order chi connectivity index (χ1) is 13.0. The number of hydrogen-bond donors (Lipinski definition) is 0. The molecule has 27 heavy (non-hydrogen) atoms. The molecular weight excluding hydrogens is 430 g/mol. The Morgan fingerprint density at radius 1 is 1.26 bits per heavy atom. The Labute approximate surface area is 170 Å². The van der Waals surface area contributed by atoms with Gasteiger partial charge >= 0.3 is 0 Å². The van der Waals surface area contributed by atoms with Crippen LogP contribution in [0, 0.1) is 0 Å². The van der Waals surface area contributed by atoms with Crippen LogP contribution >= 0.6 is 27.3 Å². The fourth-order valence-corrected chi connectivity index (χ4v) is 3.99. The lowest BCUT2D eigenvalue weighted by Gasteiger charge is -2.23. The summed E-state index contributed by atoms with van der Waals surface area (Å²) in [6, 6.07) is 12.7. The van der Waals surface area contributed by atoms with Crippen LogP contribution in [-0.2, 0) is 6.61 Å². The molecule has 1 unspecified atom stereocenters. The number of amides is 1. The van der Waals surface area contributed by atoms with Crippen LogP contribution in [0.3, 0.4) is 0 Å². The Kier molecular flexibility index (Phi) is 6.23. The standard InChI is InChI=1S/C20H20BrNO4S/c1-13(16-5-4-10-25-16)22(2)20(23)14-6-8-17(18(11-14)24-3)26-12-15-7-9-19(21)27-15/h4-11,13H,12H2,1-3H3. The normalized spacial score (nSPS) is 11.9. The Morgan fingerprint density at radius 3 is 2.70 bits per heavy atom. The molecule has 142 valence electrons. The van der Waals surface area contributed by atoms with Gasteiger partial charge in [-0.2, -0.15) is 0 Å². The molecule has 1 atom stereocenters. The van der Waals surface area contributed by atoms with E-state index in [9.17, 15) is 4.79 Å². The summed E-state index contributed by atoms with van der Waals surface area (Å²) in [5.41, 5.74) is 0.527. The molecule has 0 bridgehead atoms. The minimum absolute atomic E-state index is 0.120. The first-order valence-electron chi connectivity index (χ1n) is 8.35. The average Bonchev–Trinajstić information content (AvgIpc) is 3.36. The van der Waals surface area contributed by atoms with Gasteiger partial charge in [-0.25, -0.2) is 0 Å². The van der Waals surface area contributed by atoms with Crippen molar-refractivity contribution in [3.63, 3.8) is 0 Å². The Morgan fingerprint density at radius 2 is 2.07 bits per heavy atom.